The summed E-state index contributed by atoms with van der Waals surface area (Å²) in [6.45, 7) is 4.00. The summed E-state index contributed by atoms with van der Waals surface area (Å²) < 4.78 is 11.2. The van der Waals surface area contributed by atoms with Crippen LogP contribution in [0.4, 0.5) is 0 Å². The van der Waals surface area contributed by atoms with Gasteiger partial charge in [-0.3, -0.25) is 0 Å². The van der Waals surface area contributed by atoms with E-state index in [1.807, 2.05) is 43.3 Å². The van der Waals surface area contributed by atoms with Crippen LogP contribution < -0.4 is 9.47 Å². The molecule has 0 aromatic heterocycles. The molecule has 0 aliphatic carbocycles. The van der Waals surface area contributed by atoms with Crippen molar-refractivity contribution in [2.24, 2.45) is 0 Å². The Bertz CT molecular complexity index is 631. The van der Waals surface area contributed by atoms with Crippen LogP contribution in [0.3, 0.4) is 0 Å². The quantitative estimate of drug-likeness (QED) is 0.898. The highest BCUT2D eigenvalue weighted by atomic mass is 16.5. The first-order valence-electron chi connectivity index (χ1n) is 6.74. The molecule has 2 atom stereocenters. The minimum Gasteiger partial charge on any atom is -0.508 e. The summed E-state index contributed by atoms with van der Waals surface area (Å²) in [6, 6.07) is 11.7. The monoisotopic (exact) mass is 270 g/mol. The molecule has 3 rings (SSSR count). The van der Waals surface area contributed by atoms with Crippen molar-refractivity contribution < 1.29 is 14.6 Å². The molecule has 0 bridgehead atoms. The highest BCUT2D eigenvalue weighted by molar-refractivity contribution is 5.50. The van der Waals surface area contributed by atoms with Gasteiger partial charge >= 0.3 is 0 Å². The molecule has 0 unspecified atom stereocenters. The van der Waals surface area contributed by atoms with Crippen molar-refractivity contribution in [3.8, 4) is 17.2 Å². The van der Waals surface area contributed by atoms with Crippen LogP contribution >= 0.6 is 0 Å². The molecule has 1 aliphatic heterocycles. The molecular weight excluding hydrogens is 252 g/mol. The number of hydrogen-bond acceptors (Lipinski definition) is 3. The van der Waals surface area contributed by atoms with Crippen molar-refractivity contribution >= 4 is 0 Å². The van der Waals surface area contributed by atoms with E-state index in [1.165, 1.54) is 0 Å². The summed E-state index contributed by atoms with van der Waals surface area (Å²) in [5.41, 5.74) is 3.02. The highest BCUT2D eigenvalue weighted by Gasteiger charge is 2.32. The summed E-state index contributed by atoms with van der Waals surface area (Å²) in [5.74, 6) is 2.25. The number of phenols is 1. The fraction of sp³-hybridized carbons (Fsp3) is 0.294. The van der Waals surface area contributed by atoms with Gasteiger partial charge in [0, 0.05) is 11.5 Å². The molecule has 0 saturated heterocycles. The SMILES string of the molecule is COc1ccc([C@@H]2Oc3cc(C)c(O)cc3[C@H]2C)cc1. The maximum absolute atomic E-state index is 9.85. The number of fused-ring (bicyclic) bond motifs is 1. The van der Waals surface area contributed by atoms with Gasteiger partial charge in [-0.05, 0) is 42.3 Å². The van der Waals surface area contributed by atoms with Crippen LogP contribution in [0.1, 0.15) is 35.6 Å². The van der Waals surface area contributed by atoms with Gasteiger partial charge in [0.1, 0.15) is 23.4 Å². The first kappa shape index (κ1) is 12.9. The number of ether oxygens (including phenoxy) is 2. The van der Waals surface area contributed by atoms with Crippen LogP contribution in [0.25, 0.3) is 0 Å². The molecule has 1 heterocycles. The van der Waals surface area contributed by atoms with Crippen LogP contribution in [-0.2, 0) is 0 Å². The first-order chi connectivity index (χ1) is 9.60. The second kappa shape index (κ2) is 4.75. The van der Waals surface area contributed by atoms with E-state index in [4.69, 9.17) is 9.47 Å². The lowest BCUT2D eigenvalue weighted by atomic mass is 9.92. The van der Waals surface area contributed by atoms with Gasteiger partial charge in [-0.1, -0.05) is 19.1 Å². The Hall–Kier alpha value is -2.16. The van der Waals surface area contributed by atoms with E-state index in [2.05, 4.69) is 6.92 Å². The Kier molecular flexibility index (Phi) is 3.05. The van der Waals surface area contributed by atoms with E-state index >= 15 is 0 Å². The van der Waals surface area contributed by atoms with Crippen molar-refractivity contribution in [3.63, 3.8) is 0 Å². The fourth-order valence-corrected chi connectivity index (χ4v) is 2.70. The third-order valence-corrected chi connectivity index (χ3v) is 3.97. The molecule has 0 saturated carbocycles. The Morgan fingerprint density at radius 3 is 2.50 bits per heavy atom. The zero-order valence-electron chi connectivity index (χ0n) is 11.9. The minimum absolute atomic E-state index is 0.0166. The molecule has 3 heteroatoms. The molecule has 104 valence electrons. The van der Waals surface area contributed by atoms with Crippen molar-refractivity contribution in [2.75, 3.05) is 7.11 Å². The molecule has 0 radical (unpaired) electrons. The van der Waals surface area contributed by atoms with E-state index in [9.17, 15) is 5.11 Å². The van der Waals surface area contributed by atoms with Crippen LogP contribution in [0.5, 0.6) is 17.2 Å². The maximum Gasteiger partial charge on any atom is 0.130 e. The summed E-state index contributed by atoms with van der Waals surface area (Å²) in [7, 11) is 1.66. The number of aromatic hydroxyl groups is 1. The molecular formula is C17H18O3. The van der Waals surface area contributed by atoms with Gasteiger partial charge in [0.2, 0.25) is 0 Å². The molecule has 0 amide bonds. The molecule has 0 fully saturated rings. The molecule has 1 aliphatic rings. The van der Waals surface area contributed by atoms with Crippen molar-refractivity contribution in [1.82, 2.24) is 0 Å². The van der Waals surface area contributed by atoms with E-state index in [-0.39, 0.29) is 12.0 Å². The van der Waals surface area contributed by atoms with E-state index < -0.39 is 0 Å². The summed E-state index contributed by atoms with van der Waals surface area (Å²) >= 11 is 0. The smallest absolute Gasteiger partial charge is 0.130 e. The average molecular weight is 270 g/mol. The normalized spacial score (nSPS) is 20.4. The number of phenolic OH excluding ortho intramolecular Hbond substituents is 1. The number of rotatable bonds is 2. The number of benzene rings is 2. The van der Waals surface area contributed by atoms with Crippen LogP contribution in [0.2, 0.25) is 0 Å². The Labute approximate surface area is 118 Å². The Balaban J connectivity index is 1.94. The summed E-state index contributed by atoms with van der Waals surface area (Å²) in [6.07, 6.45) is -0.0166. The van der Waals surface area contributed by atoms with Crippen molar-refractivity contribution in [3.05, 3.63) is 53.1 Å². The van der Waals surface area contributed by atoms with Gasteiger partial charge in [-0.25, -0.2) is 0 Å². The number of aryl methyl sites for hydroxylation is 1. The van der Waals surface area contributed by atoms with Gasteiger partial charge in [-0.2, -0.15) is 0 Å². The second-order valence-corrected chi connectivity index (χ2v) is 5.28. The molecule has 3 nitrogen and oxygen atoms in total. The van der Waals surface area contributed by atoms with Crippen LogP contribution in [0.15, 0.2) is 36.4 Å². The lowest BCUT2D eigenvalue weighted by molar-refractivity contribution is 0.216. The number of hydrogen-bond donors (Lipinski definition) is 1. The molecule has 2 aromatic carbocycles. The molecule has 2 aromatic rings. The third-order valence-electron chi connectivity index (χ3n) is 3.97. The fourth-order valence-electron chi connectivity index (χ4n) is 2.70. The third kappa shape index (κ3) is 1.99. The van der Waals surface area contributed by atoms with Gasteiger partial charge in [0.25, 0.3) is 0 Å². The summed E-state index contributed by atoms with van der Waals surface area (Å²) in [5, 5.41) is 9.85. The van der Waals surface area contributed by atoms with Crippen LogP contribution in [-0.4, -0.2) is 12.2 Å². The predicted octanol–water partition coefficient (Wildman–Crippen LogP) is 3.95. The van der Waals surface area contributed by atoms with Gasteiger partial charge in [0.15, 0.2) is 0 Å². The molecule has 0 spiro atoms. The highest BCUT2D eigenvalue weighted by Crippen LogP contribution is 2.47. The molecule has 1 N–H and O–H groups in total. The minimum atomic E-state index is -0.0166. The summed E-state index contributed by atoms with van der Waals surface area (Å²) in [4.78, 5) is 0. The topological polar surface area (TPSA) is 38.7 Å². The average Bonchev–Trinajstić information content (AvgIpc) is 2.77. The van der Waals surface area contributed by atoms with Crippen molar-refractivity contribution in [1.29, 1.82) is 0 Å². The van der Waals surface area contributed by atoms with Crippen molar-refractivity contribution in [2.45, 2.75) is 25.9 Å². The maximum atomic E-state index is 9.85. The predicted molar refractivity (Wildman–Crippen MR) is 77.6 cm³/mol. The lowest BCUT2D eigenvalue weighted by Gasteiger charge is -2.16. The lowest BCUT2D eigenvalue weighted by Crippen LogP contribution is -2.06. The zero-order chi connectivity index (χ0) is 14.3. The zero-order valence-corrected chi connectivity index (χ0v) is 11.9. The number of methoxy groups -OCH3 is 1. The van der Waals surface area contributed by atoms with Gasteiger partial charge in [0.05, 0.1) is 7.11 Å². The first-order valence-corrected chi connectivity index (χ1v) is 6.74. The van der Waals surface area contributed by atoms with Gasteiger partial charge < -0.3 is 14.6 Å². The van der Waals surface area contributed by atoms with E-state index in [0.29, 0.717) is 5.75 Å². The Morgan fingerprint density at radius 2 is 1.85 bits per heavy atom. The van der Waals surface area contributed by atoms with Gasteiger partial charge in [-0.15, -0.1) is 0 Å². The van der Waals surface area contributed by atoms with E-state index in [0.717, 1.165) is 28.2 Å². The van der Waals surface area contributed by atoms with E-state index in [1.54, 1.807) is 7.11 Å². The standard InChI is InChI=1S/C17H18O3/c1-10-8-16-14(9-15(10)18)11(2)17(20-16)12-4-6-13(19-3)7-5-12/h4-9,11,17-18H,1-3H3/t11-,17-/m1/s1. The largest absolute Gasteiger partial charge is 0.508 e. The van der Waals surface area contributed by atoms with Crippen LogP contribution in [0, 0.1) is 6.92 Å². The second-order valence-electron chi connectivity index (χ2n) is 5.28. The Morgan fingerprint density at radius 1 is 1.15 bits per heavy atom. The molecule has 20 heavy (non-hydrogen) atoms.